The monoisotopic (exact) mass is 675 g/mol. The summed E-state index contributed by atoms with van der Waals surface area (Å²) in [4.78, 5) is 46.8. The van der Waals surface area contributed by atoms with Crippen LogP contribution in [-0.4, -0.2) is 97.0 Å². The van der Waals surface area contributed by atoms with Crippen molar-refractivity contribution in [3.8, 4) is 0 Å². The minimum absolute atomic E-state index is 0.0352. The molecular weight excluding hydrogens is 647 g/mol. The van der Waals surface area contributed by atoms with Gasteiger partial charge in [-0.25, -0.2) is 27.6 Å². The molecule has 3 aromatic rings. The van der Waals surface area contributed by atoms with Crippen molar-refractivity contribution in [1.82, 2.24) is 35.4 Å². The number of imidazole rings is 1. The topological polar surface area (TPSA) is 158 Å². The normalized spacial score (nSPS) is 24.5. The highest BCUT2D eigenvalue weighted by Gasteiger charge is 2.66. The SMILES string of the molecule is Cc1nonc1C(=O)N[C@H](c1nc2c(F)c([C@]3(C(=O)N4CC(F)(F)C(F)(F)C4)CCN(C(=O)O)C3)ccc2[nH]1)C1CCC(F)(F)CC1. The van der Waals surface area contributed by atoms with Crippen LogP contribution in [0.2, 0.25) is 0 Å². The molecule has 12 nitrogen and oxygen atoms in total. The van der Waals surface area contributed by atoms with Crippen LogP contribution in [0, 0.1) is 18.7 Å². The molecule has 4 heterocycles. The number of halogens is 7. The van der Waals surface area contributed by atoms with Gasteiger partial charge in [-0.15, -0.1) is 0 Å². The molecule has 3 N–H and O–H groups in total. The molecule has 3 aliphatic rings. The third-order valence-electron chi connectivity index (χ3n) is 9.36. The lowest BCUT2D eigenvalue weighted by Gasteiger charge is -2.33. The minimum Gasteiger partial charge on any atom is -0.465 e. The molecule has 0 spiro atoms. The molecule has 254 valence electrons. The molecule has 2 aliphatic heterocycles. The van der Waals surface area contributed by atoms with E-state index in [1.165, 1.54) is 13.0 Å². The summed E-state index contributed by atoms with van der Waals surface area (Å²) in [7, 11) is 0. The second-order valence-electron chi connectivity index (χ2n) is 12.4. The van der Waals surface area contributed by atoms with Crippen molar-refractivity contribution in [2.75, 3.05) is 26.2 Å². The first kappa shape index (κ1) is 32.5. The van der Waals surface area contributed by atoms with E-state index in [4.69, 9.17) is 0 Å². The fraction of sp³-hybridized carbons (Fsp3) is 0.571. The molecule has 1 aliphatic carbocycles. The van der Waals surface area contributed by atoms with Crippen LogP contribution < -0.4 is 5.32 Å². The zero-order valence-electron chi connectivity index (χ0n) is 24.6. The summed E-state index contributed by atoms with van der Waals surface area (Å²) in [5.74, 6) is -15.9. The van der Waals surface area contributed by atoms with Gasteiger partial charge in [-0.1, -0.05) is 11.2 Å². The molecule has 1 saturated carbocycles. The second kappa shape index (κ2) is 11.1. The average Bonchev–Trinajstić information content (AvgIpc) is 3.77. The molecule has 2 saturated heterocycles. The number of H-pyrrole nitrogens is 1. The van der Waals surface area contributed by atoms with Gasteiger partial charge in [0.05, 0.1) is 30.1 Å². The Bertz CT molecular complexity index is 1720. The number of nitrogens with zero attached hydrogens (tertiary/aromatic N) is 5. The molecule has 2 atom stereocenters. The maximum Gasteiger partial charge on any atom is 0.407 e. The molecular formula is C28H28F7N7O5. The van der Waals surface area contributed by atoms with E-state index in [1.54, 1.807) is 0 Å². The number of aromatic amines is 1. The lowest BCUT2D eigenvalue weighted by Crippen LogP contribution is -2.49. The summed E-state index contributed by atoms with van der Waals surface area (Å²) in [6.07, 6.45) is -2.92. The van der Waals surface area contributed by atoms with E-state index < -0.39 is 109 Å². The van der Waals surface area contributed by atoms with Crippen LogP contribution in [0.3, 0.4) is 0 Å². The van der Waals surface area contributed by atoms with Gasteiger partial charge in [0.25, 0.3) is 5.91 Å². The Morgan fingerprint density at radius 3 is 2.23 bits per heavy atom. The Balaban J connectivity index is 1.40. The number of nitrogens with one attached hydrogen (secondary N) is 2. The number of hydrogen-bond acceptors (Lipinski definition) is 7. The van der Waals surface area contributed by atoms with E-state index in [2.05, 4.69) is 30.2 Å². The summed E-state index contributed by atoms with van der Waals surface area (Å²) in [6, 6.07) is 1.34. The zero-order chi connectivity index (χ0) is 34.1. The number of aromatic nitrogens is 4. The molecule has 6 rings (SSSR count). The number of carbonyl (C=O) groups is 3. The summed E-state index contributed by atoms with van der Waals surface area (Å²) in [5.41, 5.74) is -2.98. The third kappa shape index (κ3) is 5.52. The second-order valence-corrected chi connectivity index (χ2v) is 12.4. The first-order valence-corrected chi connectivity index (χ1v) is 14.6. The maximum absolute atomic E-state index is 16.5. The van der Waals surface area contributed by atoms with Gasteiger partial charge in [0.2, 0.25) is 11.8 Å². The smallest absolute Gasteiger partial charge is 0.407 e. The van der Waals surface area contributed by atoms with Crippen molar-refractivity contribution < 1.29 is 54.9 Å². The van der Waals surface area contributed by atoms with E-state index in [9.17, 15) is 45.8 Å². The number of alkyl halides is 6. The molecule has 19 heteroatoms. The molecule has 0 bridgehead atoms. The van der Waals surface area contributed by atoms with Gasteiger partial charge in [0.15, 0.2) is 11.5 Å². The van der Waals surface area contributed by atoms with Crippen molar-refractivity contribution in [3.63, 3.8) is 0 Å². The number of amides is 3. The van der Waals surface area contributed by atoms with E-state index >= 15 is 4.39 Å². The Labute approximate surface area is 260 Å². The van der Waals surface area contributed by atoms with Gasteiger partial charge in [-0.3, -0.25) is 9.59 Å². The predicted molar refractivity (Wildman–Crippen MR) is 145 cm³/mol. The maximum atomic E-state index is 16.5. The van der Waals surface area contributed by atoms with E-state index in [1.807, 2.05) is 0 Å². The molecule has 0 unspecified atom stereocenters. The molecule has 0 radical (unpaired) electrons. The fourth-order valence-electron chi connectivity index (χ4n) is 6.73. The van der Waals surface area contributed by atoms with Gasteiger partial charge >= 0.3 is 17.9 Å². The third-order valence-corrected chi connectivity index (χ3v) is 9.36. The average molecular weight is 676 g/mol. The zero-order valence-corrected chi connectivity index (χ0v) is 24.6. The molecule has 3 fully saturated rings. The Morgan fingerprint density at radius 1 is 1.00 bits per heavy atom. The van der Waals surface area contributed by atoms with Crippen LogP contribution >= 0.6 is 0 Å². The van der Waals surface area contributed by atoms with Gasteiger partial charge in [0, 0.05) is 31.5 Å². The first-order valence-electron chi connectivity index (χ1n) is 14.6. The lowest BCUT2D eigenvalue weighted by atomic mass is 9.77. The predicted octanol–water partition coefficient (Wildman–Crippen LogP) is 4.42. The standard InChI is InChI=1S/C28H28F7N7O5/c1-13-18(40-47-39-13)22(43)38-19(14-4-6-26(30,31)7-5-14)21-36-16-3-2-15(17(29)20(16)37-21)25(8-9-41(10-25)24(45)46)23(44)42-11-27(32,33)28(34,35)12-42/h2-3,14,19H,4-12H2,1H3,(H,36,37)(H,38,43)(H,45,46)/t19-,25-/m0/s1. The van der Waals surface area contributed by atoms with Crippen LogP contribution in [0.4, 0.5) is 35.5 Å². The fourth-order valence-corrected chi connectivity index (χ4v) is 6.73. The van der Waals surface area contributed by atoms with Crippen molar-refractivity contribution in [3.05, 3.63) is 40.7 Å². The highest BCUT2D eigenvalue weighted by Crippen LogP contribution is 2.46. The molecule has 47 heavy (non-hydrogen) atoms. The van der Waals surface area contributed by atoms with Gasteiger partial charge in [-0.05, 0) is 43.3 Å². The molecule has 2 aromatic heterocycles. The Hall–Kier alpha value is -4.45. The number of hydrogen-bond donors (Lipinski definition) is 3. The number of aryl methyl sites for hydroxylation is 1. The lowest BCUT2D eigenvalue weighted by molar-refractivity contribution is -0.172. The van der Waals surface area contributed by atoms with Gasteiger partial charge in [0.1, 0.15) is 17.0 Å². The number of benzene rings is 1. The van der Waals surface area contributed by atoms with Crippen LogP contribution in [0.1, 0.15) is 65.7 Å². The van der Waals surface area contributed by atoms with Crippen molar-refractivity contribution in [1.29, 1.82) is 0 Å². The van der Waals surface area contributed by atoms with Crippen LogP contribution in [0.25, 0.3) is 11.0 Å². The van der Waals surface area contributed by atoms with E-state index in [-0.39, 0.29) is 47.0 Å². The van der Waals surface area contributed by atoms with E-state index in [0.717, 1.165) is 11.0 Å². The number of carbonyl (C=O) groups excluding carboxylic acids is 2. The van der Waals surface area contributed by atoms with Crippen LogP contribution in [-0.2, 0) is 10.2 Å². The van der Waals surface area contributed by atoms with Crippen LogP contribution in [0.15, 0.2) is 16.8 Å². The molecule has 1 aromatic carbocycles. The summed E-state index contributed by atoms with van der Waals surface area (Å²) >= 11 is 0. The number of fused-ring (bicyclic) bond motifs is 1. The molecule has 3 amide bonds. The summed E-state index contributed by atoms with van der Waals surface area (Å²) in [5, 5.41) is 19.4. The highest BCUT2D eigenvalue weighted by molar-refractivity contribution is 5.94. The van der Waals surface area contributed by atoms with Gasteiger partial charge < -0.3 is 25.2 Å². The number of likely N-dealkylation sites (tertiary alicyclic amines) is 2. The number of rotatable bonds is 6. The Kier molecular flexibility index (Phi) is 7.65. The van der Waals surface area contributed by atoms with E-state index in [0.29, 0.717) is 0 Å². The first-order chi connectivity index (χ1) is 21.9. The van der Waals surface area contributed by atoms with Crippen LogP contribution in [0.5, 0.6) is 0 Å². The summed E-state index contributed by atoms with van der Waals surface area (Å²) < 4.78 is 105. The van der Waals surface area contributed by atoms with Crippen molar-refractivity contribution in [2.24, 2.45) is 5.92 Å². The van der Waals surface area contributed by atoms with Gasteiger partial charge in [-0.2, -0.15) is 17.6 Å². The van der Waals surface area contributed by atoms with Crippen molar-refractivity contribution in [2.45, 2.75) is 68.3 Å². The minimum atomic E-state index is -4.56. The number of carboxylic acid groups (broad SMARTS) is 1. The largest absolute Gasteiger partial charge is 0.465 e. The Morgan fingerprint density at radius 2 is 1.66 bits per heavy atom. The quantitative estimate of drug-likeness (QED) is 0.324. The highest BCUT2D eigenvalue weighted by atomic mass is 19.3. The summed E-state index contributed by atoms with van der Waals surface area (Å²) in [6.45, 7) is -2.86. The van der Waals surface area contributed by atoms with Crippen molar-refractivity contribution >= 4 is 28.9 Å².